The third-order valence-corrected chi connectivity index (χ3v) is 5.76. The Morgan fingerprint density at radius 3 is 2.74 bits per heavy atom. The summed E-state index contributed by atoms with van der Waals surface area (Å²) in [5, 5.41) is 6.80. The van der Waals surface area contributed by atoms with Gasteiger partial charge in [0.1, 0.15) is 0 Å². The smallest absolute Gasteiger partial charge is 0.243 e. The van der Waals surface area contributed by atoms with Crippen molar-refractivity contribution >= 4 is 15.9 Å². The SMILES string of the molecule is CNC(=O)C[C@@H]1CN(S(=O)(=O)c2ccccc2)Cc2ccnn21. The van der Waals surface area contributed by atoms with Gasteiger partial charge in [0.05, 0.1) is 29.6 Å². The topological polar surface area (TPSA) is 84.3 Å². The fraction of sp³-hybridized carbons (Fsp3) is 0.333. The molecule has 1 N–H and O–H groups in total. The van der Waals surface area contributed by atoms with Crippen LogP contribution in [0.5, 0.6) is 0 Å². The van der Waals surface area contributed by atoms with Crippen LogP contribution < -0.4 is 5.32 Å². The van der Waals surface area contributed by atoms with E-state index in [-0.39, 0.29) is 36.4 Å². The molecule has 0 spiro atoms. The predicted octanol–water partition coefficient (Wildman–Crippen LogP) is 0.765. The second kappa shape index (κ2) is 6.13. The summed E-state index contributed by atoms with van der Waals surface area (Å²) in [4.78, 5) is 12.0. The standard InChI is InChI=1S/C15H18N4O3S/c1-16-15(20)9-13-11-18(10-12-7-8-17-19(12)13)23(21,22)14-5-3-2-4-6-14/h2-8,13H,9-11H2,1H3,(H,16,20)/t13-/m1/s1. The summed E-state index contributed by atoms with van der Waals surface area (Å²) in [5.74, 6) is -0.143. The molecule has 2 aromatic rings. The van der Waals surface area contributed by atoms with Crippen LogP contribution in [0.4, 0.5) is 0 Å². The molecule has 7 nitrogen and oxygen atoms in total. The van der Waals surface area contributed by atoms with E-state index in [0.717, 1.165) is 5.69 Å². The maximum atomic E-state index is 12.8. The molecular formula is C15H18N4O3S. The highest BCUT2D eigenvalue weighted by molar-refractivity contribution is 7.89. The molecule has 0 radical (unpaired) electrons. The largest absolute Gasteiger partial charge is 0.359 e. The van der Waals surface area contributed by atoms with E-state index in [1.54, 1.807) is 54.3 Å². The molecule has 1 aliphatic rings. The van der Waals surface area contributed by atoms with Crippen LogP contribution in [0.1, 0.15) is 18.2 Å². The van der Waals surface area contributed by atoms with E-state index in [0.29, 0.717) is 0 Å². The van der Waals surface area contributed by atoms with Crippen LogP contribution in [0, 0.1) is 0 Å². The van der Waals surface area contributed by atoms with Gasteiger partial charge in [0, 0.05) is 19.8 Å². The first-order valence-electron chi connectivity index (χ1n) is 7.30. The minimum atomic E-state index is -3.60. The fourth-order valence-electron chi connectivity index (χ4n) is 2.75. The highest BCUT2D eigenvalue weighted by Crippen LogP contribution is 2.27. The van der Waals surface area contributed by atoms with Crippen molar-refractivity contribution in [2.24, 2.45) is 0 Å². The fourth-order valence-corrected chi connectivity index (χ4v) is 4.21. The second-order valence-corrected chi connectivity index (χ2v) is 7.35. The van der Waals surface area contributed by atoms with E-state index in [2.05, 4.69) is 10.4 Å². The first-order chi connectivity index (χ1) is 11.0. The molecule has 23 heavy (non-hydrogen) atoms. The van der Waals surface area contributed by atoms with E-state index in [1.165, 1.54) is 4.31 Å². The lowest BCUT2D eigenvalue weighted by Gasteiger charge is -2.32. The van der Waals surface area contributed by atoms with Crippen LogP contribution in [0.15, 0.2) is 47.5 Å². The molecule has 0 bridgehead atoms. The molecule has 0 unspecified atom stereocenters. The van der Waals surface area contributed by atoms with E-state index in [9.17, 15) is 13.2 Å². The van der Waals surface area contributed by atoms with E-state index in [4.69, 9.17) is 0 Å². The number of nitrogens with zero attached hydrogens (tertiary/aromatic N) is 3. The zero-order valence-corrected chi connectivity index (χ0v) is 13.5. The molecule has 1 aromatic heterocycles. The Bertz CT molecular complexity index is 801. The molecule has 8 heteroatoms. The van der Waals surface area contributed by atoms with Gasteiger partial charge in [0.2, 0.25) is 15.9 Å². The van der Waals surface area contributed by atoms with Crippen molar-refractivity contribution in [3.63, 3.8) is 0 Å². The summed E-state index contributed by atoms with van der Waals surface area (Å²) in [5.41, 5.74) is 0.782. The minimum Gasteiger partial charge on any atom is -0.359 e. The highest BCUT2D eigenvalue weighted by Gasteiger charge is 2.34. The molecule has 0 saturated carbocycles. The molecule has 0 aliphatic carbocycles. The second-order valence-electron chi connectivity index (χ2n) is 5.41. The van der Waals surface area contributed by atoms with Crippen molar-refractivity contribution in [3.05, 3.63) is 48.3 Å². The summed E-state index contributed by atoms with van der Waals surface area (Å²) >= 11 is 0. The lowest BCUT2D eigenvalue weighted by molar-refractivity contribution is -0.121. The normalized spacial score (nSPS) is 18.4. The van der Waals surface area contributed by atoms with Crippen molar-refractivity contribution in [2.75, 3.05) is 13.6 Å². The van der Waals surface area contributed by atoms with Crippen LogP contribution in [0.25, 0.3) is 0 Å². The Hall–Kier alpha value is -2.19. The third kappa shape index (κ3) is 2.99. The molecule has 0 fully saturated rings. The first kappa shape index (κ1) is 15.7. The van der Waals surface area contributed by atoms with Gasteiger partial charge in [-0.05, 0) is 18.2 Å². The van der Waals surface area contributed by atoms with Crippen molar-refractivity contribution in [1.29, 1.82) is 0 Å². The minimum absolute atomic E-state index is 0.143. The van der Waals surface area contributed by atoms with Gasteiger partial charge in [-0.25, -0.2) is 8.42 Å². The maximum absolute atomic E-state index is 12.8. The molecule has 122 valence electrons. The summed E-state index contributed by atoms with van der Waals surface area (Å²) in [6, 6.07) is 9.80. The van der Waals surface area contributed by atoms with Crippen molar-refractivity contribution in [3.8, 4) is 0 Å². The number of carbonyl (C=O) groups is 1. The molecule has 0 saturated heterocycles. The van der Waals surface area contributed by atoms with Crippen LogP contribution in [-0.2, 0) is 21.4 Å². The third-order valence-electron chi connectivity index (χ3n) is 3.93. The summed E-state index contributed by atoms with van der Waals surface area (Å²) in [6.07, 6.45) is 1.82. The van der Waals surface area contributed by atoms with Crippen LogP contribution >= 0.6 is 0 Å². The molecule has 1 aromatic carbocycles. The first-order valence-corrected chi connectivity index (χ1v) is 8.74. The highest BCUT2D eigenvalue weighted by atomic mass is 32.2. The number of amides is 1. The number of rotatable bonds is 4. The zero-order valence-electron chi connectivity index (χ0n) is 12.7. The Kier molecular flexibility index (Phi) is 4.18. The van der Waals surface area contributed by atoms with Crippen molar-refractivity contribution in [1.82, 2.24) is 19.4 Å². The Balaban J connectivity index is 1.92. The van der Waals surface area contributed by atoms with Gasteiger partial charge in [0.15, 0.2) is 0 Å². The molecule has 3 rings (SSSR count). The van der Waals surface area contributed by atoms with Gasteiger partial charge in [-0.2, -0.15) is 9.40 Å². The van der Waals surface area contributed by atoms with Crippen molar-refractivity contribution < 1.29 is 13.2 Å². The van der Waals surface area contributed by atoms with Gasteiger partial charge in [-0.1, -0.05) is 18.2 Å². The number of sulfonamides is 1. The van der Waals surface area contributed by atoms with Gasteiger partial charge in [-0.15, -0.1) is 0 Å². The number of nitrogens with one attached hydrogen (secondary N) is 1. The lowest BCUT2D eigenvalue weighted by atomic mass is 10.1. The van der Waals surface area contributed by atoms with Crippen LogP contribution in [0.3, 0.4) is 0 Å². The Morgan fingerprint density at radius 1 is 1.30 bits per heavy atom. The van der Waals surface area contributed by atoms with Crippen LogP contribution in [0.2, 0.25) is 0 Å². The molecular weight excluding hydrogens is 316 g/mol. The Labute approximate surface area is 135 Å². The molecule has 1 atom stereocenters. The zero-order chi connectivity index (χ0) is 16.4. The number of benzene rings is 1. The molecule has 2 heterocycles. The monoisotopic (exact) mass is 334 g/mol. The van der Waals surface area contributed by atoms with Crippen LogP contribution in [-0.4, -0.2) is 42.0 Å². The summed E-state index contributed by atoms with van der Waals surface area (Å²) in [7, 11) is -2.03. The predicted molar refractivity (Wildman–Crippen MR) is 84.0 cm³/mol. The van der Waals surface area contributed by atoms with Gasteiger partial charge >= 0.3 is 0 Å². The van der Waals surface area contributed by atoms with Crippen molar-refractivity contribution in [2.45, 2.75) is 23.9 Å². The number of aromatic nitrogens is 2. The average Bonchev–Trinajstić information content (AvgIpc) is 3.04. The Morgan fingerprint density at radius 2 is 2.04 bits per heavy atom. The number of fused-ring (bicyclic) bond motifs is 1. The van der Waals surface area contributed by atoms with E-state index >= 15 is 0 Å². The average molecular weight is 334 g/mol. The number of carbonyl (C=O) groups excluding carboxylic acids is 1. The number of hydrogen-bond acceptors (Lipinski definition) is 4. The van der Waals surface area contributed by atoms with E-state index in [1.807, 2.05) is 0 Å². The quantitative estimate of drug-likeness (QED) is 0.895. The summed E-state index contributed by atoms with van der Waals surface area (Å²) in [6.45, 7) is 0.473. The molecule has 1 amide bonds. The van der Waals surface area contributed by atoms with Gasteiger partial charge in [0.25, 0.3) is 0 Å². The van der Waals surface area contributed by atoms with Gasteiger partial charge < -0.3 is 5.32 Å². The maximum Gasteiger partial charge on any atom is 0.243 e. The summed E-state index contributed by atoms with van der Waals surface area (Å²) < 4.78 is 28.8. The lowest BCUT2D eigenvalue weighted by Crippen LogP contribution is -2.42. The van der Waals surface area contributed by atoms with Gasteiger partial charge in [-0.3, -0.25) is 9.48 Å². The number of hydrogen-bond donors (Lipinski definition) is 1. The van der Waals surface area contributed by atoms with E-state index < -0.39 is 10.0 Å². The molecule has 1 aliphatic heterocycles.